The molecule has 1 saturated heterocycles. The summed E-state index contributed by atoms with van der Waals surface area (Å²) in [6.45, 7) is 10.8. The van der Waals surface area contributed by atoms with Crippen LogP contribution in [0.5, 0.6) is 0 Å². The van der Waals surface area contributed by atoms with Crippen molar-refractivity contribution in [2.45, 2.75) is 46.7 Å². The number of carbonyl (C=O) groups is 2. The van der Waals surface area contributed by atoms with Gasteiger partial charge in [0, 0.05) is 32.1 Å². The van der Waals surface area contributed by atoms with Gasteiger partial charge in [0.1, 0.15) is 0 Å². The number of hydrogen-bond donors (Lipinski definition) is 0. The first kappa shape index (κ1) is 13.0. The summed E-state index contributed by atoms with van der Waals surface area (Å²) in [6.07, 6.45) is 0. The van der Waals surface area contributed by atoms with Crippen LogP contribution in [0.25, 0.3) is 0 Å². The van der Waals surface area contributed by atoms with Gasteiger partial charge < -0.3 is 9.80 Å². The minimum Gasteiger partial charge on any atom is -0.341 e. The van der Waals surface area contributed by atoms with Crippen molar-refractivity contribution in [3.05, 3.63) is 0 Å². The Balaban J connectivity index is 2.55. The molecule has 0 bridgehead atoms. The molecule has 92 valence electrons. The van der Waals surface area contributed by atoms with Crippen molar-refractivity contribution in [2.75, 3.05) is 13.1 Å². The highest BCUT2D eigenvalue weighted by Gasteiger charge is 2.37. The average Bonchev–Trinajstić information content (AvgIpc) is 1.97. The second kappa shape index (κ2) is 4.85. The maximum Gasteiger partial charge on any atom is 0.229 e. The van der Waals surface area contributed by atoms with Gasteiger partial charge in [-0.25, -0.2) is 0 Å². The number of nitrogens with zero attached hydrogens (tertiary/aromatic N) is 2. The fraction of sp³-hybridized carbons (Fsp3) is 0.833. The number of carbonyl (C=O) groups excluding carboxylic acids is 2. The lowest BCUT2D eigenvalue weighted by Crippen LogP contribution is -2.58. The molecule has 1 aliphatic heterocycles. The summed E-state index contributed by atoms with van der Waals surface area (Å²) in [5, 5.41) is 0. The first-order valence-electron chi connectivity index (χ1n) is 5.92. The molecule has 4 nitrogen and oxygen atoms in total. The zero-order chi connectivity index (χ0) is 12.5. The van der Waals surface area contributed by atoms with Gasteiger partial charge in [0.25, 0.3) is 0 Å². The summed E-state index contributed by atoms with van der Waals surface area (Å²) in [5.41, 5.74) is 0. The minimum atomic E-state index is 0.00806. The van der Waals surface area contributed by atoms with Crippen LogP contribution in [0.3, 0.4) is 0 Å². The zero-order valence-corrected chi connectivity index (χ0v) is 10.9. The van der Waals surface area contributed by atoms with E-state index in [0.29, 0.717) is 13.1 Å². The van der Waals surface area contributed by atoms with E-state index in [4.69, 9.17) is 0 Å². The van der Waals surface area contributed by atoms with Gasteiger partial charge in [-0.15, -0.1) is 0 Å². The van der Waals surface area contributed by atoms with Crippen LogP contribution in [0, 0.1) is 5.92 Å². The largest absolute Gasteiger partial charge is 0.341 e. The smallest absolute Gasteiger partial charge is 0.229 e. The van der Waals surface area contributed by atoms with Crippen LogP contribution in [0.1, 0.15) is 34.6 Å². The van der Waals surface area contributed by atoms with E-state index in [1.54, 1.807) is 11.8 Å². The molecule has 0 spiro atoms. The van der Waals surface area contributed by atoms with Crippen LogP contribution < -0.4 is 0 Å². The van der Waals surface area contributed by atoms with Crippen molar-refractivity contribution in [3.8, 4) is 0 Å². The van der Waals surface area contributed by atoms with Crippen LogP contribution >= 0.6 is 0 Å². The van der Waals surface area contributed by atoms with Crippen LogP contribution in [0.15, 0.2) is 0 Å². The molecule has 2 amide bonds. The average molecular weight is 226 g/mol. The molecule has 0 saturated carbocycles. The van der Waals surface area contributed by atoms with Gasteiger partial charge in [-0.05, 0) is 27.7 Å². The van der Waals surface area contributed by atoms with Gasteiger partial charge in [0.15, 0.2) is 0 Å². The number of rotatable bonds is 3. The number of amides is 2. The van der Waals surface area contributed by atoms with E-state index in [1.807, 2.05) is 32.6 Å². The lowest BCUT2D eigenvalue weighted by atomic mass is 9.97. The van der Waals surface area contributed by atoms with Gasteiger partial charge in [-0.1, -0.05) is 0 Å². The van der Waals surface area contributed by atoms with Gasteiger partial charge in [0.05, 0.1) is 5.92 Å². The molecular weight excluding hydrogens is 204 g/mol. The third-order valence-electron chi connectivity index (χ3n) is 3.04. The molecule has 1 rings (SSSR count). The highest BCUT2D eigenvalue weighted by Crippen LogP contribution is 2.20. The molecule has 0 N–H and O–H groups in total. The van der Waals surface area contributed by atoms with E-state index in [0.717, 1.165) is 0 Å². The van der Waals surface area contributed by atoms with Crippen molar-refractivity contribution in [3.63, 3.8) is 0 Å². The van der Waals surface area contributed by atoms with E-state index in [-0.39, 0.29) is 29.8 Å². The standard InChI is InChI=1S/C12H22N2O2/c1-8(2)14(9(3)4)12(16)11-6-13(7-11)10(5)15/h8-9,11H,6-7H2,1-5H3. The predicted molar refractivity (Wildman–Crippen MR) is 62.9 cm³/mol. The van der Waals surface area contributed by atoms with E-state index in [2.05, 4.69) is 0 Å². The highest BCUT2D eigenvalue weighted by atomic mass is 16.2. The quantitative estimate of drug-likeness (QED) is 0.723. The van der Waals surface area contributed by atoms with E-state index < -0.39 is 0 Å². The Labute approximate surface area is 97.6 Å². The summed E-state index contributed by atoms with van der Waals surface area (Å²) in [5.74, 6) is 0.251. The fourth-order valence-corrected chi connectivity index (χ4v) is 2.21. The Bertz CT molecular complexity index is 273. The van der Waals surface area contributed by atoms with Gasteiger partial charge >= 0.3 is 0 Å². The minimum absolute atomic E-state index is 0.00806. The Morgan fingerprint density at radius 3 is 1.88 bits per heavy atom. The Morgan fingerprint density at radius 2 is 1.56 bits per heavy atom. The Hall–Kier alpha value is -1.06. The van der Waals surface area contributed by atoms with E-state index in [1.165, 1.54) is 0 Å². The lowest BCUT2D eigenvalue weighted by molar-refractivity contribution is -0.149. The second-order valence-corrected chi connectivity index (χ2v) is 5.05. The van der Waals surface area contributed by atoms with Crippen molar-refractivity contribution >= 4 is 11.8 Å². The van der Waals surface area contributed by atoms with Crippen molar-refractivity contribution < 1.29 is 9.59 Å². The Kier molecular flexibility index (Phi) is 3.94. The first-order chi connectivity index (χ1) is 7.34. The number of likely N-dealkylation sites (tertiary alicyclic amines) is 1. The lowest BCUT2D eigenvalue weighted by Gasteiger charge is -2.42. The van der Waals surface area contributed by atoms with E-state index in [9.17, 15) is 9.59 Å². The second-order valence-electron chi connectivity index (χ2n) is 5.05. The molecule has 0 atom stereocenters. The van der Waals surface area contributed by atoms with Crippen molar-refractivity contribution in [2.24, 2.45) is 5.92 Å². The maximum atomic E-state index is 12.2. The maximum absolute atomic E-state index is 12.2. The highest BCUT2D eigenvalue weighted by molar-refractivity contribution is 5.84. The molecule has 1 aliphatic rings. The third kappa shape index (κ3) is 2.54. The van der Waals surface area contributed by atoms with Crippen LogP contribution in [-0.2, 0) is 9.59 Å². The van der Waals surface area contributed by atoms with Gasteiger partial charge in [0.2, 0.25) is 11.8 Å². The van der Waals surface area contributed by atoms with Gasteiger partial charge in [-0.2, -0.15) is 0 Å². The molecule has 0 aromatic heterocycles. The summed E-state index contributed by atoms with van der Waals surface area (Å²) in [4.78, 5) is 26.8. The molecule has 0 aromatic carbocycles. The molecule has 0 aromatic rings. The van der Waals surface area contributed by atoms with Gasteiger partial charge in [-0.3, -0.25) is 9.59 Å². The first-order valence-corrected chi connectivity index (χ1v) is 5.92. The van der Waals surface area contributed by atoms with Crippen molar-refractivity contribution in [1.82, 2.24) is 9.80 Å². The monoisotopic (exact) mass is 226 g/mol. The molecule has 16 heavy (non-hydrogen) atoms. The van der Waals surface area contributed by atoms with Crippen molar-refractivity contribution in [1.29, 1.82) is 0 Å². The summed E-state index contributed by atoms with van der Waals surface area (Å²) in [7, 11) is 0. The molecule has 0 unspecified atom stereocenters. The number of hydrogen-bond acceptors (Lipinski definition) is 2. The molecule has 0 aliphatic carbocycles. The van der Waals surface area contributed by atoms with Crippen LogP contribution in [0.2, 0.25) is 0 Å². The predicted octanol–water partition coefficient (Wildman–Crippen LogP) is 1.11. The fourth-order valence-electron chi connectivity index (χ4n) is 2.21. The third-order valence-corrected chi connectivity index (χ3v) is 3.04. The SMILES string of the molecule is CC(=O)N1CC(C(=O)N(C(C)C)C(C)C)C1. The normalized spacial score (nSPS) is 16.6. The zero-order valence-electron chi connectivity index (χ0n) is 10.9. The Morgan fingerprint density at radius 1 is 1.12 bits per heavy atom. The topological polar surface area (TPSA) is 40.6 Å². The molecule has 1 fully saturated rings. The summed E-state index contributed by atoms with van der Waals surface area (Å²) >= 11 is 0. The van der Waals surface area contributed by atoms with E-state index >= 15 is 0 Å². The molecule has 4 heteroatoms. The van der Waals surface area contributed by atoms with Crippen LogP contribution in [-0.4, -0.2) is 46.8 Å². The van der Waals surface area contributed by atoms with Crippen LogP contribution in [0.4, 0.5) is 0 Å². The molecule has 0 radical (unpaired) electrons. The summed E-state index contributed by atoms with van der Waals surface area (Å²) in [6, 6.07) is 0.442. The molecular formula is C12H22N2O2. The summed E-state index contributed by atoms with van der Waals surface area (Å²) < 4.78 is 0. The molecule has 1 heterocycles.